The first kappa shape index (κ1) is 20.5. The number of hydrogen-bond acceptors (Lipinski definition) is 3. The third kappa shape index (κ3) is 4.43. The summed E-state index contributed by atoms with van der Waals surface area (Å²) in [6.45, 7) is 8.69. The number of amides is 1. The molecule has 0 aromatic heterocycles. The van der Waals surface area contributed by atoms with E-state index >= 15 is 0 Å². The Balaban J connectivity index is 1.67. The third-order valence-electron chi connectivity index (χ3n) is 4.95. The Hall–Kier alpha value is -2.22. The third-order valence-corrected chi connectivity index (χ3v) is 6.88. The molecule has 150 valence electrons. The second kappa shape index (κ2) is 8.03. The summed E-state index contributed by atoms with van der Waals surface area (Å²) in [7, 11) is -3.65. The molecule has 2 aromatic carbocycles. The molecule has 1 amide bonds. The number of carbonyl (C=O) groups is 1. The van der Waals surface area contributed by atoms with E-state index in [0.29, 0.717) is 19.6 Å². The molecular weight excluding hydrogens is 374 g/mol. The van der Waals surface area contributed by atoms with Crippen LogP contribution in [0.4, 0.5) is 5.69 Å². The van der Waals surface area contributed by atoms with E-state index in [-0.39, 0.29) is 12.5 Å². The zero-order chi connectivity index (χ0) is 20.5. The van der Waals surface area contributed by atoms with Crippen molar-refractivity contribution in [2.45, 2.75) is 34.2 Å². The van der Waals surface area contributed by atoms with Crippen molar-refractivity contribution < 1.29 is 13.2 Å². The summed E-state index contributed by atoms with van der Waals surface area (Å²) in [5.41, 5.74) is 5.85. The largest absolute Gasteiger partial charge is 0.324 e. The van der Waals surface area contributed by atoms with Crippen molar-refractivity contribution in [3.8, 4) is 0 Å². The normalized spacial score (nSPS) is 17.0. The highest BCUT2D eigenvalue weighted by molar-refractivity contribution is 7.87. The fourth-order valence-electron chi connectivity index (χ4n) is 3.67. The fraction of sp³-hybridized carbons (Fsp3) is 0.381. The molecule has 1 fully saturated rings. The summed E-state index contributed by atoms with van der Waals surface area (Å²) in [6.07, 6.45) is 0. The minimum atomic E-state index is -3.65. The molecule has 0 radical (unpaired) electrons. The van der Waals surface area contributed by atoms with Crippen molar-refractivity contribution in [3.05, 3.63) is 64.2 Å². The molecule has 6 nitrogen and oxygen atoms in total. The van der Waals surface area contributed by atoms with Crippen LogP contribution in [0.25, 0.3) is 0 Å². The molecule has 0 saturated carbocycles. The van der Waals surface area contributed by atoms with Gasteiger partial charge in [-0.25, -0.2) is 0 Å². The van der Waals surface area contributed by atoms with Gasteiger partial charge in [0, 0.05) is 25.3 Å². The predicted molar refractivity (Wildman–Crippen MR) is 111 cm³/mol. The van der Waals surface area contributed by atoms with Crippen LogP contribution in [0.2, 0.25) is 0 Å². The van der Waals surface area contributed by atoms with Crippen molar-refractivity contribution in [1.29, 1.82) is 0 Å². The molecule has 1 aliphatic heterocycles. The number of benzene rings is 2. The lowest BCUT2D eigenvalue weighted by atomic mass is 10.1. The van der Waals surface area contributed by atoms with Gasteiger partial charge in [-0.05, 0) is 44.4 Å². The van der Waals surface area contributed by atoms with Gasteiger partial charge in [0.05, 0.1) is 6.54 Å². The number of nitrogens with zero attached hydrogens (tertiary/aromatic N) is 2. The van der Waals surface area contributed by atoms with Gasteiger partial charge in [0.2, 0.25) is 5.91 Å². The van der Waals surface area contributed by atoms with Gasteiger partial charge in [-0.3, -0.25) is 4.79 Å². The average molecular weight is 402 g/mol. The van der Waals surface area contributed by atoms with Gasteiger partial charge in [0.1, 0.15) is 0 Å². The van der Waals surface area contributed by atoms with Gasteiger partial charge in [-0.1, -0.05) is 47.5 Å². The van der Waals surface area contributed by atoms with E-state index in [1.165, 1.54) is 8.61 Å². The Morgan fingerprint density at radius 3 is 2.25 bits per heavy atom. The molecule has 0 bridgehead atoms. The molecule has 3 rings (SSSR count). The van der Waals surface area contributed by atoms with Crippen LogP contribution in [0.1, 0.15) is 27.8 Å². The highest BCUT2D eigenvalue weighted by Crippen LogP contribution is 2.23. The summed E-state index contributed by atoms with van der Waals surface area (Å²) in [5.74, 6) is -0.323. The van der Waals surface area contributed by atoms with Crippen LogP contribution in [0, 0.1) is 27.7 Å². The van der Waals surface area contributed by atoms with Gasteiger partial charge >= 0.3 is 0 Å². The first-order chi connectivity index (χ1) is 13.2. The van der Waals surface area contributed by atoms with Gasteiger partial charge < -0.3 is 5.32 Å². The molecule has 1 aliphatic rings. The lowest BCUT2D eigenvalue weighted by Gasteiger charge is -2.19. The maximum absolute atomic E-state index is 12.8. The molecule has 1 saturated heterocycles. The predicted octanol–water partition coefficient (Wildman–Crippen LogP) is 2.92. The van der Waals surface area contributed by atoms with E-state index in [9.17, 15) is 13.2 Å². The van der Waals surface area contributed by atoms with Crippen LogP contribution >= 0.6 is 0 Å². The standard InChI is InChI=1S/C21H27N3O3S/c1-15-6-5-7-19(12-15)13-23-8-9-24(28(23,26)27)14-20(25)22-21-17(3)10-16(2)11-18(21)4/h5-7,10-12H,8-9,13-14H2,1-4H3,(H,22,25). The zero-order valence-corrected chi connectivity index (χ0v) is 17.6. The molecular formula is C21H27N3O3S. The van der Waals surface area contributed by atoms with E-state index in [1.54, 1.807) is 0 Å². The molecule has 0 spiro atoms. The maximum atomic E-state index is 12.8. The summed E-state index contributed by atoms with van der Waals surface area (Å²) in [4.78, 5) is 12.5. The second-order valence-corrected chi connectivity index (χ2v) is 9.41. The zero-order valence-electron chi connectivity index (χ0n) is 16.8. The number of carbonyl (C=O) groups excluding carboxylic acids is 1. The SMILES string of the molecule is Cc1cccc(CN2CCN(CC(=O)Nc3c(C)cc(C)cc3C)S2(=O)=O)c1. The topological polar surface area (TPSA) is 69.7 Å². The minimum absolute atomic E-state index is 0.181. The Bertz CT molecular complexity index is 979. The Morgan fingerprint density at radius 1 is 0.964 bits per heavy atom. The average Bonchev–Trinajstić information content (AvgIpc) is 2.86. The molecule has 0 aliphatic carbocycles. The van der Waals surface area contributed by atoms with E-state index in [4.69, 9.17) is 0 Å². The first-order valence-electron chi connectivity index (χ1n) is 9.35. The van der Waals surface area contributed by atoms with Gasteiger partial charge in [-0.2, -0.15) is 17.0 Å². The van der Waals surface area contributed by atoms with Crippen LogP contribution in [0.15, 0.2) is 36.4 Å². The maximum Gasteiger partial charge on any atom is 0.282 e. The molecule has 28 heavy (non-hydrogen) atoms. The number of nitrogens with one attached hydrogen (secondary N) is 1. The number of rotatable bonds is 5. The van der Waals surface area contributed by atoms with E-state index < -0.39 is 10.2 Å². The Labute approximate surface area is 167 Å². The van der Waals surface area contributed by atoms with Crippen LogP contribution in [-0.4, -0.2) is 42.6 Å². The highest BCUT2D eigenvalue weighted by atomic mass is 32.2. The summed E-state index contributed by atoms with van der Waals surface area (Å²) < 4.78 is 28.3. The summed E-state index contributed by atoms with van der Waals surface area (Å²) in [5, 5.41) is 2.88. The lowest BCUT2D eigenvalue weighted by molar-refractivity contribution is -0.116. The number of aryl methyl sites for hydroxylation is 4. The Morgan fingerprint density at radius 2 is 1.61 bits per heavy atom. The fourth-order valence-corrected chi connectivity index (χ4v) is 5.21. The molecule has 7 heteroatoms. The molecule has 1 heterocycles. The van der Waals surface area contributed by atoms with Crippen molar-refractivity contribution in [3.63, 3.8) is 0 Å². The van der Waals surface area contributed by atoms with Crippen molar-refractivity contribution in [1.82, 2.24) is 8.61 Å². The van der Waals surface area contributed by atoms with Crippen LogP contribution in [0.5, 0.6) is 0 Å². The Kier molecular flexibility index (Phi) is 5.88. The summed E-state index contributed by atoms with van der Waals surface area (Å²) in [6, 6.07) is 11.8. The van der Waals surface area contributed by atoms with E-state index in [1.807, 2.05) is 64.1 Å². The number of anilines is 1. The monoisotopic (exact) mass is 401 g/mol. The van der Waals surface area contributed by atoms with Crippen LogP contribution in [-0.2, 0) is 21.5 Å². The van der Waals surface area contributed by atoms with E-state index in [0.717, 1.165) is 33.5 Å². The van der Waals surface area contributed by atoms with Gasteiger partial charge in [0.15, 0.2) is 0 Å². The van der Waals surface area contributed by atoms with Crippen molar-refractivity contribution in [2.24, 2.45) is 0 Å². The highest BCUT2D eigenvalue weighted by Gasteiger charge is 2.37. The molecule has 0 atom stereocenters. The minimum Gasteiger partial charge on any atom is -0.324 e. The smallest absolute Gasteiger partial charge is 0.282 e. The first-order valence-corrected chi connectivity index (χ1v) is 10.7. The van der Waals surface area contributed by atoms with Crippen LogP contribution in [0.3, 0.4) is 0 Å². The summed E-state index contributed by atoms with van der Waals surface area (Å²) >= 11 is 0. The molecule has 2 aromatic rings. The molecule has 0 unspecified atom stereocenters. The quantitative estimate of drug-likeness (QED) is 0.838. The molecule has 1 N–H and O–H groups in total. The number of hydrogen-bond donors (Lipinski definition) is 1. The van der Waals surface area contributed by atoms with Gasteiger partial charge in [0.25, 0.3) is 10.2 Å². The van der Waals surface area contributed by atoms with Gasteiger partial charge in [-0.15, -0.1) is 0 Å². The van der Waals surface area contributed by atoms with E-state index in [2.05, 4.69) is 5.32 Å². The second-order valence-electron chi connectivity index (χ2n) is 7.49. The van der Waals surface area contributed by atoms with Crippen molar-refractivity contribution in [2.75, 3.05) is 25.0 Å². The lowest BCUT2D eigenvalue weighted by Crippen LogP contribution is -2.38. The van der Waals surface area contributed by atoms with Crippen LogP contribution < -0.4 is 5.32 Å². The van der Waals surface area contributed by atoms with Crippen molar-refractivity contribution >= 4 is 21.8 Å².